The molecule has 0 aromatic heterocycles. The Morgan fingerprint density at radius 2 is 1.61 bits per heavy atom. The summed E-state index contributed by atoms with van der Waals surface area (Å²) < 4.78 is 5.16. The van der Waals surface area contributed by atoms with Crippen molar-refractivity contribution in [2.75, 3.05) is 12.0 Å². The molecule has 2 aliphatic rings. The van der Waals surface area contributed by atoms with Crippen molar-refractivity contribution in [1.29, 1.82) is 0 Å². The fraction of sp³-hybridized carbons (Fsp3) is 0.292. The highest BCUT2D eigenvalue weighted by molar-refractivity contribution is 6.22. The van der Waals surface area contributed by atoms with E-state index in [9.17, 15) is 14.4 Å². The SMILES string of the molecule is C=C(NOC(=O)c1ccccc1OC)c1ccc(N2C(=O)[C@H]3CCCC[C@H]3C2=O)cc1. The average Bonchev–Trinajstić information content (AvgIpc) is 3.07. The third kappa shape index (κ3) is 3.91. The number of fused-ring (bicyclic) bond motifs is 1. The normalized spacial score (nSPS) is 20.2. The van der Waals surface area contributed by atoms with Gasteiger partial charge in [0.15, 0.2) is 0 Å². The Hall–Kier alpha value is -3.61. The molecule has 4 rings (SSSR count). The summed E-state index contributed by atoms with van der Waals surface area (Å²) in [5.41, 5.74) is 4.41. The molecule has 7 heteroatoms. The molecule has 0 spiro atoms. The van der Waals surface area contributed by atoms with E-state index in [2.05, 4.69) is 12.1 Å². The second kappa shape index (κ2) is 8.63. The summed E-state index contributed by atoms with van der Waals surface area (Å²) in [6.45, 7) is 3.88. The smallest absolute Gasteiger partial charge is 0.366 e. The lowest BCUT2D eigenvalue weighted by molar-refractivity contribution is -0.122. The monoisotopic (exact) mass is 420 g/mol. The van der Waals surface area contributed by atoms with Crippen LogP contribution in [0, 0.1) is 11.8 Å². The number of nitrogens with zero attached hydrogens (tertiary/aromatic N) is 1. The molecule has 2 amide bonds. The number of para-hydroxylation sites is 1. The Kier molecular flexibility index (Phi) is 5.75. The lowest BCUT2D eigenvalue weighted by Crippen LogP contribution is -2.30. The number of hydrogen-bond donors (Lipinski definition) is 1. The van der Waals surface area contributed by atoms with Gasteiger partial charge in [-0.25, -0.2) is 10.3 Å². The first-order chi connectivity index (χ1) is 15.0. The van der Waals surface area contributed by atoms with Gasteiger partial charge in [0.1, 0.15) is 11.3 Å². The van der Waals surface area contributed by atoms with Crippen molar-refractivity contribution in [2.45, 2.75) is 25.7 Å². The molecule has 31 heavy (non-hydrogen) atoms. The molecule has 0 unspecified atom stereocenters. The fourth-order valence-corrected chi connectivity index (χ4v) is 4.26. The van der Waals surface area contributed by atoms with Gasteiger partial charge in [-0.1, -0.05) is 43.7 Å². The van der Waals surface area contributed by atoms with Crippen LogP contribution in [0.3, 0.4) is 0 Å². The van der Waals surface area contributed by atoms with Crippen LogP contribution in [0.15, 0.2) is 55.1 Å². The van der Waals surface area contributed by atoms with Gasteiger partial charge in [0.25, 0.3) is 0 Å². The van der Waals surface area contributed by atoms with E-state index >= 15 is 0 Å². The summed E-state index contributed by atoms with van der Waals surface area (Å²) in [7, 11) is 1.48. The van der Waals surface area contributed by atoms with Crippen molar-refractivity contribution in [3.8, 4) is 5.75 Å². The number of imide groups is 1. The summed E-state index contributed by atoms with van der Waals surface area (Å²) in [5, 5.41) is 0. The van der Waals surface area contributed by atoms with Gasteiger partial charge >= 0.3 is 5.97 Å². The number of ether oxygens (including phenoxy) is 1. The molecule has 0 radical (unpaired) electrons. The molecule has 1 N–H and O–H groups in total. The van der Waals surface area contributed by atoms with Crippen molar-refractivity contribution < 1.29 is 24.0 Å². The molecule has 1 aliphatic carbocycles. The molecule has 1 heterocycles. The number of anilines is 1. The van der Waals surface area contributed by atoms with Crippen molar-refractivity contribution >= 4 is 29.2 Å². The first-order valence-electron chi connectivity index (χ1n) is 10.3. The van der Waals surface area contributed by atoms with Crippen LogP contribution in [-0.2, 0) is 14.4 Å². The van der Waals surface area contributed by atoms with Crippen molar-refractivity contribution in [2.24, 2.45) is 11.8 Å². The number of hydrogen-bond acceptors (Lipinski definition) is 6. The van der Waals surface area contributed by atoms with E-state index in [1.54, 1.807) is 48.5 Å². The number of nitrogens with one attached hydrogen (secondary N) is 1. The summed E-state index contributed by atoms with van der Waals surface area (Å²) in [6, 6.07) is 13.6. The second-order valence-electron chi connectivity index (χ2n) is 7.73. The van der Waals surface area contributed by atoms with Crippen LogP contribution in [0.5, 0.6) is 5.75 Å². The topological polar surface area (TPSA) is 84.9 Å². The van der Waals surface area contributed by atoms with E-state index in [0.29, 0.717) is 22.7 Å². The minimum absolute atomic E-state index is 0.106. The van der Waals surface area contributed by atoms with E-state index in [0.717, 1.165) is 25.7 Å². The van der Waals surface area contributed by atoms with E-state index in [4.69, 9.17) is 9.57 Å². The summed E-state index contributed by atoms with van der Waals surface area (Å²) in [6.07, 6.45) is 3.54. The number of carbonyl (C=O) groups excluding carboxylic acids is 3. The van der Waals surface area contributed by atoms with Crippen LogP contribution in [0.25, 0.3) is 5.70 Å². The van der Waals surface area contributed by atoms with Crippen LogP contribution in [0.4, 0.5) is 5.69 Å². The predicted molar refractivity (Wildman–Crippen MR) is 115 cm³/mol. The maximum Gasteiger partial charge on any atom is 0.366 e. The third-order valence-electron chi connectivity index (χ3n) is 5.91. The molecule has 1 aliphatic heterocycles. The van der Waals surface area contributed by atoms with Gasteiger partial charge in [-0.05, 0) is 37.1 Å². The van der Waals surface area contributed by atoms with Crippen LogP contribution >= 0.6 is 0 Å². The quantitative estimate of drug-likeness (QED) is 0.567. The zero-order valence-corrected chi connectivity index (χ0v) is 17.3. The molecule has 1 saturated carbocycles. The molecule has 0 bridgehead atoms. The molecule has 1 saturated heterocycles. The van der Waals surface area contributed by atoms with Crippen LogP contribution < -0.4 is 15.1 Å². The van der Waals surface area contributed by atoms with Gasteiger partial charge in [0.05, 0.1) is 30.3 Å². The Balaban J connectivity index is 1.41. The number of methoxy groups -OCH3 is 1. The largest absolute Gasteiger partial charge is 0.496 e. The van der Waals surface area contributed by atoms with Crippen molar-refractivity contribution in [1.82, 2.24) is 5.48 Å². The lowest BCUT2D eigenvalue weighted by atomic mass is 9.81. The molecular weight excluding hydrogens is 396 g/mol. The van der Waals surface area contributed by atoms with Gasteiger partial charge in [0, 0.05) is 5.56 Å². The van der Waals surface area contributed by atoms with Gasteiger partial charge in [-0.2, -0.15) is 0 Å². The van der Waals surface area contributed by atoms with Crippen LogP contribution in [0.1, 0.15) is 41.6 Å². The predicted octanol–water partition coefficient (Wildman–Crippen LogP) is 3.71. The highest BCUT2D eigenvalue weighted by atomic mass is 16.7. The standard InChI is InChI=1S/C24H24N2O5/c1-15(25-31-24(29)20-9-5-6-10-21(20)30-2)16-11-13-17(14-12-16)26-22(27)18-7-3-4-8-19(18)23(26)28/h5-6,9-14,18-19,25H,1,3-4,7-8H2,2H3/t18-,19+. The maximum atomic E-state index is 12.7. The summed E-state index contributed by atoms with van der Waals surface area (Å²) in [4.78, 5) is 44.2. The van der Waals surface area contributed by atoms with Crippen molar-refractivity contribution in [3.63, 3.8) is 0 Å². The first-order valence-corrected chi connectivity index (χ1v) is 10.3. The Morgan fingerprint density at radius 3 is 2.23 bits per heavy atom. The van der Waals surface area contributed by atoms with Crippen LogP contribution in [0.2, 0.25) is 0 Å². The lowest BCUT2D eigenvalue weighted by Gasteiger charge is -2.19. The minimum atomic E-state index is -0.605. The molecule has 2 fully saturated rings. The molecule has 2 aromatic carbocycles. The highest BCUT2D eigenvalue weighted by Crippen LogP contribution is 2.40. The fourth-order valence-electron chi connectivity index (χ4n) is 4.26. The summed E-state index contributed by atoms with van der Waals surface area (Å²) in [5.74, 6) is -0.787. The third-order valence-corrected chi connectivity index (χ3v) is 5.91. The van der Waals surface area contributed by atoms with E-state index in [1.165, 1.54) is 12.0 Å². The molecule has 2 atom stereocenters. The number of amides is 2. The Bertz CT molecular complexity index is 1010. The average molecular weight is 420 g/mol. The van der Waals surface area contributed by atoms with Gasteiger partial charge in [0.2, 0.25) is 11.8 Å². The number of benzene rings is 2. The zero-order valence-electron chi connectivity index (χ0n) is 17.3. The van der Waals surface area contributed by atoms with E-state index in [1.807, 2.05) is 0 Å². The first kappa shape index (κ1) is 20.7. The minimum Gasteiger partial charge on any atom is -0.496 e. The van der Waals surface area contributed by atoms with Gasteiger partial charge in [-0.15, -0.1) is 0 Å². The molecule has 7 nitrogen and oxygen atoms in total. The number of hydroxylamine groups is 1. The maximum absolute atomic E-state index is 12.7. The Morgan fingerprint density at radius 1 is 1.00 bits per heavy atom. The Labute approximate surface area is 180 Å². The summed E-state index contributed by atoms with van der Waals surface area (Å²) >= 11 is 0. The molecular formula is C24H24N2O5. The highest BCUT2D eigenvalue weighted by Gasteiger charge is 2.48. The number of rotatable bonds is 6. The van der Waals surface area contributed by atoms with E-state index < -0.39 is 5.97 Å². The number of carbonyl (C=O) groups is 3. The van der Waals surface area contributed by atoms with Crippen LogP contribution in [-0.4, -0.2) is 24.9 Å². The van der Waals surface area contributed by atoms with Crippen molar-refractivity contribution in [3.05, 3.63) is 66.2 Å². The molecule has 160 valence electrons. The zero-order chi connectivity index (χ0) is 22.0. The van der Waals surface area contributed by atoms with E-state index in [-0.39, 0.29) is 29.2 Å². The molecule has 2 aromatic rings. The second-order valence-corrected chi connectivity index (χ2v) is 7.73. The van der Waals surface area contributed by atoms with Gasteiger partial charge < -0.3 is 9.57 Å². The van der Waals surface area contributed by atoms with Gasteiger partial charge in [-0.3, -0.25) is 14.5 Å².